The summed E-state index contributed by atoms with van der Waals surface area (Å²) in [5, 5.41) is 0.875. The van der Waals surface area contributed by atoms with Crippen LogP contribution in [-0.4, -0.2) is 41.4 Å². The maximum atomic E-state index is 13.3. The molecule has 5 rings (SSSR count). The van der Waals surface area contributed by atoms with E-state index in [1.165, 1.54) is 6.42 Å². The monoisotopic (exact) mass is 322 g/mol. The second-order valence-corrected chi connectivity index (χ2v) is 6.79. The van der Waals surface area contributed by atoms with Crippen molar-refractivity contribution < 1.29 is 9.53 Å². The standard InChI is InChI=1S/C20H22N2O2/c1-3-14-10-13-7-9-22(14)19(11-13)20(23)16-6-8-21-18-5-4-15(24-2)12-17(16)18/h3-6,8,12-14,19H,1,7,9-11H2,2H3/t13-,14-,19+/m1/s1. The number of ether oxygens (including phenoxy) is 1. The van der Waals surface area contributed by atoms with Gasteiger partial charge in [0, 0.05) is 23.2 Å². The molecular formula is C20H22N2O2. The molecule has 3 saturated heterocycles. The number of methoxy groups -OCH3 is 1. The third-order valence-corrected chi connectivity index (χ3v) is 5.54. The lowest BCUT2D eigenvalue weighted by atomic mass is 9.76. The minimum absolute atomic E-state index is 0.0442. The molecule has 4 nitrogen and oxygen atoms in total. The second kappa shape index (κ2) is 6.02. The minimum Gasteiger partial charge on any atom is -0.497 e. The summed E-state index contributed by atoms with van der Waals surface area (Å²) in [6, 6.07) is 7.83. The first kappa shape index (κ1) is 15.3. The van der Waals surface area contributed by atoms with Gasteiger partial charge in [0.25, 0.3) is 0 Å². The van der Waals surface area contributed by atoms with E-state index in [0.29, 0.717) is 12.0 Å². The van der Waals surface area contributed by atoms with E-state index in [4.69, 9.17) is 4.74 Å². The molecule has 1 unspecified atom stereocenters. The number of rotatable bonds is 4. The first-order valence-electron chi connectivity index (χ1n) is 8.56. The minimum atomic E-state index is -0.0442. The quantitative estimate of drug-likeness (QED) is 0.638. The third kappa shape index (κ3) is 2.42. The van der Waals surface area contributed by atoms with Gasteiger partial charge in [-0.15, -0.1) is 6.58 Å². The molecule has 124 valence electrons. The van der Waals surface area contributed by atoms with Crippen LogP contribution in [0.1, 0.15) is 29.6 Å². The number of hydrogen-bond acceptors (Lipinski definition) is 4. The number of nitrogens with zero attached hydrogens (tertiary/aromatic N) is 2. The molecule has 4 heterocycles. The van der Waals surface area contributed by atoms with E-state index < -0.39 is 0 Å². The fraction of sp³-hybridized carbons (Fsp3) is 0.400. The number of ketones is 1. The van der Waals surface area contributed by atoms with Crippen LogP contribution in [0.4, 0.5) is 0 Å². The molecule has 0 aliphatic carbocycles. The van der Waals surface area contributed by atoms with Crippen LogP contribution >= 0.6 is 0 Å². The smallest absolute Gasteiger partial charge is 0.180 e. The number of carbonyl (C=O) groups excluding carboxylic acids is 1. The van der Waals surface area contributed by atoms with E-state index in [9.17, 15) is 4.79 Å². The maximum Gasteiger partial charge on any atom is 0.180 e. The fourth-order valence-electron chi connectivity index (χ4n) is 4.28. The van der Waals surface area contributed by atoms with Gasteiger partial charge in [-0.1, -0.05) is 6.08 Å². The van der Waals surface area contributed by atoms with Gasteiger partial charge in [-0.05, 0) is 56.0 Å². The van der Waals surface area contributed by atoms with Gasteiger partial charge in [-0.3, -0.25) is 14.7 Å². The van der Waals surface area contributed by atoms with Crippen molar-refractivity contribution in [2.75, 3.05) is 13.7 Å². The van der Waals surface area contributed by atoms with Crippen molar-refractivity contribution in [3.63, 3.8) is 0 Å². The van der Waals surface area contributed by atoms with Gasteiger partial charge in [0.15, 0.2) is 5.78 Å². The number of aromatic nitrogens is 1. The number of carbonyl (C=O) groups is 1. The van der Waals surface area contributed by atoms with E-state index >= 15 is 0 Å². The zero-order valence-corrected chi connectivity index (χ0v) is 13.9. The Balaban J connectivity index is 1.74. The fourth-order valence-corrected chi connectivity index (χ4v) is 4.28. The molecule has 2 bridgehead atoms. The first-order chi connectivity index (χ1) is 11.7. The highest BCUT2D eigenvalue weighted by atomic mass is 16.5. The predicted octanol–water partition coefficient (Wildman–Crippen LogP) is 3.47. The topological polar surface area (TPSA) is 42.4 Å². The number of pyridine rings is 1. The molecule has 4 atom stereocenters. The molecule has 1 aromatic carbocycles. The lowest BCUT2D eigenvalue weighted by Crippen LogP contribution is -2.56. The third-order valence-electron chi connectivity index (χ3n) is 5.54. The molecule has 24 heavy (non-hydrogen) atoms. The van der Waals surface area contributed by atoms with Crippen molar-refractivity contribution in [3.8, 4) is 5.75 Å². The Morgan fingerprint density at radius 1 is 1.38 bits per heavy atom. The van der Waals surface area contributed by atoms with Crippen LogP contribution in [0.15, 0.2) is 43.1 Å². The van der Waals surface area contributed by atoms with Crippen LogP contribution in [0.2, 0.25) is 0 Å². The van der Waals surface area contributed by atoms with Crippen LogP contribution < -0.4 is 4.74 Å². The van der Waals surface area contributed by atoms with E-state index in [0.717, 1.165) is 41.6 Å². The molecule has 0 spiro atoms. The molecule has 3 aliphatic rings. The molecular weight excluding hydrogens is 300 g/mol. The Morgan fingerprint density at radius 2 is 2.25 bits per heavy atom. The first-order valence-corrected chi connectivity index (χ1v) is 8.56. The Hall–Kier alpha value is -2.20. The van der Waals surface area contributed by atoms with E-state index in [-0.39, 0.29) is 11.8 Å². The highest BCUT2D eigenvalue weighted by molar-refractivity contribution is 6.10. The molecule has 1 aromatic heterocycles. The molecule has 3 fully saturated rings. The molecule has 0 saturated carbocycles. The Bertz CT molecular complexity index is 801. The average molecular weight is 322 g/mol. The van der Waals surface area contributed by atoms with Crippen molar-refractivity contribution in [2.24, 2.45) is 5.92 Å². The van der Waals surface area contributed by atoms with Crippen molar-refractivity contribution in [1.29, 1.82) is 0 Å². The number of piperidine rings is 3. The van der Waals surface area contributed by atoms with Gasteiger partial charge in [-0.25, -0.2) is 0 Å². The molecule has 2 aromatic rings. The molecule has 0 radical (unpaired) electrons. The summed E-state index contributed by atoms with van der Waals surface area (Å²) in [5.74, 6) is 1.58. The maximum absolute atomic E-state index is 13.3. The van der Waals surface area contributed by atoms with Gasteiger partial charge < -0.3 is 4.74 Å². The van der Waals surface area contributed by atoms with Crippen molar-refractivity contribution in [3.05, 3.63) is 48.7 Å². The summed E-state index contributed by atoms with van der Waals surface area (Å²) in [5.41, 5.74) is 1.58. The summed E-state index contributed by atoms with van der Waals surface area (Å²) in [6.07, 6.45) is 7.01. The van der Waals surface area contributed by atoms with Gasteiger partial charge in [0.2, 0.25) is 0 Å². The summed E-state index contributed by atoms with van der Waals surface area (Å²) in [6.45, 7) is 4.95. The zero-order chi connectivity index (χ0) is 16.7. The summed E-state index contributed by atoms with van der Waals surface area (Å²) in [4.78, 5) is 20.0. The van der Waals surface area contributed by atoms with Crippen LogP contribution in [0.5, 0.6) is 5.75 Å². The normalized spacial score (nSPS) is 28.7. The molecule has 0 amide bonds. The highest BCUT2D eigenvalue weighted by Crippen LogP contribution is 2.38. The van der Waals surface area contributed by atoms with E-state index in [1.54, 1.807) is 13.3 Å². The van der Waals surface area contributed by atoms with Crippen LogP contribution in [0.25, 0.3) is 10.9 Å². The average Bonchev–Trinajstić information content (AvgIpc) is 2.66. The predicted molar refractivity (Wildman–Crippen MR) is 94.4 cm³/mol. The summed E-state index contributed by atoms with van der Waals surface area (Å²) < 4.78 is 5.32. The van der Waals surface area contributed by atoms with Crippen molar-refractivity contribution >= 4 is 16.7 Å². The Morgan fingerprint density at radius 3 is 3.00 bits per heavy atom. The summed E-state index contributed by atoms with van der Waals surface area (Å²) >= 11 is 0. The van der Waals surface area contributed by atoms with Gasteiger partial charge in [-0.2, -0.15) is 0 Å². The zero-order valence-electron chi connectivity index (χ0n) is 13.9. The van der Waals surface area contributed by atoms with Crippen LogP contribution in [-0.2, 0) is 0 Å². The second-order valence-electron chi connectivity index (χ2n) is 6.79. The van der Waals surface area contributed by atoms with Crippen molar-refractivity contribution in [1.82, 2.24) is 9.88 Å². The lowest BCUT2D eigenvalue weighted by Gasteiger charge is -2.49. The van der Waals surface area contributed by atoms with Gasteiger partial charge >= 0.3 is 0 Å². The van der Waals surface area contributed by atoms with E-state index in [1.807, 2.05) is 30.3 Å². The van der Waals surface area contributed by atoms with Crippen LogP contribution in [0, 0.1) is 5.92 Å². The highest BCUT2D eigenvalue weighted by Gasteiger charge is 2.42. The van der Waals surface area contributed by atoms with E-state index in [2.05, 4.69) is 16.5 Å². The number of benzene rings is 1. The Kier molecular flexibility index (Phi) is 3.85. The molecule has 3 aliphatic heterocycles. The molecule has 0 N–H and O–H groups in total. The van der Waals surface area contributed by atoms with Crippen LogP contribution in [0.3, 0.4) is 0 Å². The largest absolute Gasteiger partial charge is 0.497 e. The van der Waals surface area contributed by atoms with Gasteiger partial charge in [0.1, 0.15) is 5.75 Å². The lowest BCUT2D eigenvalue weighted by molar-refractivity contribution is 0.0189. The Labute approximate surface area is 142 Å². The van der Waals surface area contributed by atoms with Gasteiger partial charge in [0.05, 0.1) is 18.7 Å². The SMILES string of the molecule is C=C[C@@H]1C[C@H]2CCN1[C@H](C(=O)c1ccnc3ccc(OC)cc13)C2. The number of hydrogen-bond donors (Lipinski definition) is 0. The number of Topliss-reactive ketones (excluding diaryl/α,β-unsaturated/α-hetero) is 1. The summed E-state index contributed by atoms with van der Waals surface area (Å²) in [7, 11) is 1.64. The van der Waals surface area contributed by atoms with Crippen molar-refractivity contribution in [2.45, 2.75) is 31.3 Å². The molecule has 4 heteroatoms. The number of fused-ring (bicyclic) bond motifs is 4.